The lowest BCUT2D eigenvalue weighted by atomic mass is 10.0. The number of nitrogens with zero attached hydrogens (tertiary/aromatic N) is 2. The van der Waals surface area contributed by atoms with Crippen LogP contribution in [0.4, 0.5) is 4.79 Å². The van der Waals surface area contributed by atoms with Crippen molar-refractivity contribution >= 4 is 12.0 Å². The quantitative estimate of drug-likeness (QED) is 0.719. The standard InChI is InChI=1S/C11H22N2O4/c1-5-6-13(7-8-14)10(17)12(4)11(2,3)9(15)16/h14H,5-8H2,1-4H3,(H,15,16). The maximum atomic E-state index is 12.1. The Morgan fingerprint density at radius 2 is 1.76 bits per heavy atom. The first-order valence-electron chi connectivity index (χ1n) is 5.66. The van der Waals surface area contributed by atoms with Crippen molar-refractivity contribution in [1.82, 2.24) is 9.80 Å². The molecule has 100 valence electrons. The molecule has 0 aromatic carbocycles. The number of carbonyl (C=O) groups excluding carboxylic acids is 1. The minimum Gasteiger partial charge on any atom is -0.480 e. The van der Waals surface area contributed by atoms with Crippen LogP contribution in [0.25, 0.3) is 0 Å². The fourth-order valence-corrected chi connectivity index (χ4v) is 1.29. The highest BCUT2D eigenvalue weighted by Crippen LogP contribution is 2.15. The van der Waals surface area contributed by atoms with Gasteiger partial charge in [-0.25, -0.2) is 9.59 Å². The predicted octanol–water partition coefficient (Wildman–Crippen LogP) is 0.606. The first kappa shape index (κ1) is 15.7. The van der Waals surface area contributed by atoms with Crippen LogP contribution < -0.4 is 0 Å². The van der Waals surface area contributed by atoms with E-state index >= 15 is 0 Å². The minimum atomic E-state index is -1.27. The number of hydrogen-bond donors (Lipinski definition) is 2. The molecule has 0 atom stereocenters. The van der Waals surface area contributed by atoms with Crippen molar-refractivity contribution in [2.45, 2.75) is 32.7 Å². The third-order valence-electron chi connectivity index (χ3n) is 2.78. The first-order valence-corrected chi connectivity index (χ1v) is 5.66. The van der Waals surface area contributed by atoms with E-state index in [1.165, 1.54) is 30.7 Å². The molecule has 0 aliphatic carbocycles. The summed E-state index contributed by atoms with van der Waals surface area (Å²) in [4.78, 5) is 25.7. The highest BCUT2D eigenvalue weighted by Gasteiger charge is 2.36. The summed E-state index contributed by atoms with van der Waals surface area (Å²) in [7, 11) is 1.45. The number of urea groups is 1. The van der Waals surface area contributed by atoms with Gasteiger partial charge in [-0.15, -0.1) is 0 Å². The molecule has 0 aromatic rings. The Morgan fingerprint density at radius 3 is 2.12 bits per heavy atom. The Hall–Kier alpha value is -1.30. The number of aliphatic carboxylic acids is 1. The molecule has 6 nitrogen and oxygen atoms in total. The molecule has 0 rings (SSSR count). The number of carboxylic acids is 1. The van der Waals surface area contributed by atoms with E-state index in [1.807, 2.05) is 6.92 Å². The van der Waals surface area contributed by atoms with Gasteiger partial charge in [-0.2, -0.15) is 0 Å². The van der Waals surface area contributed by atoms with Gasteiger partial charge in [0.25, 0.3) is 0 Å². The van der Waals surface area contributed by atoms with E-state index in [9.17, 15) is 9.59 Å². The summed E-state index contributed by atoms with van der Waals surface area (Å²) in [6.07, 6.45) is 0.757. The lowest BCUT2D eigenvalue weighted by Crippen LogP contribution is -2.55. The van der Waals surface area contributed by atoms with E-state index in [0.29, 0.717) is 6.54 Å². The highest BCUT2D eigenvalue weighted by atomic mass is 16.4. The molecule has 0 spiro atoms. The molecule has 2 N–H and O–H groups in total. The van der Waals surface area contributed by atoms with Gasteiger partial charge in [0, 0.05) is 20.1 Å². The number of carbonyl (C=O) groups is 2. The molecule has 6 heteroatoms. The van der Waals surface area contributed by atoms with Gasteiger partial charge in [-0.05, 0) is 20.3 Å². The third kappa shape index (κ3) is 3.89. The molecule has 0 saturated heterocycles. The molecule has 2 amide bonds. The summed E-state index contributed by atoms with van der Waals surface area (Å²) in [6, 6.07) is -0.381. The van der Waals surface area contributed by atoms with Crippen molar-refractivity contribution in [2.24, 2.45) is 0 Å². The molecule has 17 heavy (non-hydrogen) atoms. The second-order valence-corrected chi connectivity index (χ2v) is 4.42. The fraction of sp³-hybridized carbons (Fsp3) is 0.818. The average molecular weight is 246 g/mol. The van der Waals surface area contributed by atoms with Crippen molar-refractivity contribution in [3.8, 4) is 0 Å². The number of aliphatic hydroxyl groups excluding tert-OH is 1. The summed E-state index contributed by atoms with van der Waals surface area (Å²) < 4.78 is 0. The number of hydrogen-bond acceptors (Lipinski definition) is 3. The topological polar surface area (TPSA) is 81.1 Å². The largest absolute Gasteiger partial charge is 0.480 e. The van der Waals surface area contributed by atoms with Crippen LogP contribution in [0.3, 0.4) is 0 Å². The molecule has 0 saturated carbocycles. The van der Waals surface area contributed by atoms with Gasteiger partial charge in [0.1, 0.15) is 5.54 Å². The van der Waals surface area contributed by atoms with E-state index in [0.717, 1.165) is 6.42 Å². The zero-order valence-corrected chi connectivity index (χ0v) is 10.9. The van der Waals surface area contributed by atoms with Crippen molar-refractivity contribution in [3.05, 3.63) is 0 Å². The van der Waals surface area contributed by atoms with Gasteiger partial charge in [-0.1, -0.05) is 6.92 Å². The zero-order valence-electron chi connectivity index (χ0n) is 10.9. The Balaban J connectivity index is 4.81. The van der Waals surface area contributed by atoms with E-state index in [1.54, 1.807) is 0 Å². The molecule has 0 aliphatic heterocycles. The van der Waals surface area contributed by atoms with Crippen molar-refractivity contribution in [1.29, 1.82) is 0 Å². The lowest BCUT2D eigenvalue weighted by molar-refractivity contribution is -0.147. The number of amides is 2. The second kappa shape index (κ2) is 6.44. The van der Waals surface area contributed by atoms with E-state index in [-0.39, 0.29) is 19.2 Å². The molecule has 0 unspecified atom stereocenters. The Labute approximate surface area is 102 Å². The van der Waals surface area contributed by atoms with Crippen LogP contribution in [-0.4, -0.2) is 64.3 Å². The monoisotopic (exact) mass is 246 g/mol. The molecule has 0 bridgehead atoms. The Bertz CT molecular complexity index is 273. The van der Waals surface area contributed by atoms with Crippen LogP contribution in [0.15, 0.2) is 0 Å². The van der Waals surface area contributed by atoms with Crippen LogP contribution >= 0.6 is 0 Å². The Morgan fingerprint density at radius 1 is 1.24 bits per heavy atom. The van der Waals surface area contributed by atoms with Crippen LogP contribution in [0.2, 0.25) is 0 Å². The van der Waals surface area contributed by atoms with Gasteiger partial charge < -0.3 is 20.0 Å². The summed E-state index contributed by atoms with van der Waals surface area (Å²) in [5.41, 5.74) is -1.27. The fourth-order valence-electron chi connectivity index (χ4n) is 1.29. The number of carboxylic acid groups (broad SMARTS) is 1. The first-order chi connectivity index (χ1) is 7.78. The lowest BCUT2D eigenvalue weighted by Gasteiger charge is -2.35. The summed E-state index contributed by atoms with van der Waals surface area (Å²) >= 11 is 0. The second-order valence-electron chi connectivity index (χ2n) is 4.42. The molecule has 0 heterocycles. The summed E-state index contributed by atoms with van der Waals surface area (Å²) in [5.74, 6) is -1.06. The maximum Gasteiger partial charge on any atom is 0.329 e. The Kier molecular flexibility index (Phi) is 5.95. The van der Waals surface area contributed by atoms with Crippen LogP contribution in [-0.2, 0) is 4.79 Å². The molecular formula is C11H22N2O4. The molecular weight excluding hydrogens is 224 g/mol. The third-order valence-corrected chi connectivity index (χ3v) is 2.78. The highest BCUT2D eigenvalue weighted by molar-refractivity contribution is 5.85. The minimum absolute atomic E-state index is 0.132. The zero-order chi connectivity index (χ0) is 13.6. The maximum absolute atomic E-state index is 12.1. The smallest absolute Gasteiger partial charge is 0.329 e. The molecule has 0 fully saturated rings. The molecule has 0 aromatic heterocycles. The van der Waals surface area contributed by atoms with E-state index < -0.39 is 11.5 Å². The van der Waals surface area contributed by atoms with Crippen LogP contribution in [0.5, 0.6) is 0 Å². The summed E-state index contributed by atoms with van der Waals surface area (Å²) in [6.45, 7) is 5.44. The molecule has 0 aliphatic rings. The number of rotatable bonds is 6. The van der Waals surface area contributed by atoms with E-state index in [2.05, 4.69) is 0 Å². The number of aliphatic hydroxyl groups is 1. The number of likely N-dealkylation sites (N-methyl/N-ethyl adjacent to an activating group) is 1. The average Bonchev–Trinajstić information content (AvgIpc) is 2.26. The van der Waals surface area contributed by atoms with Gasteiger partial charge in [0.2, 0.25) is 0 Å². The SMILES string of the molecule is CCCN(CCO)C(=O)N(C)C(C)(C)C(=O)O. The van der Waals surface area contributed by atoms with Crippen LogP contribution in [0.1, 0.15) is 27.2 Å². The molecule has 0 radical (unpaired) electrons. The summed E-state index contributed by atoms with van der Waals surface area (Å²) in [5, 5.41) is 17.9. The van der Waals surface area contributed by atoms with Crippen molar-refractivity contribution in [3.63, 3.8) is 0 Å². The van der Waals surface area contributed by atoms with Gasteiger partial charge in [-0.3, -0.25) is 0 Å². The van der Waals surface area contributed by atoms with Gasteiger partial charge in [0.15, 0.2) is 0 Å². The normalized spacial score (nSPS) is 11.1. The van der Waals surface area contributed by atoms with Crippen molar-refractivity contribution < 1.29 is 19.8 Å². The van der Waals surface area contributed by atoms with Gasteiger partial charge >= 0.3 is 12.0 Å². The van der Waals surface area contributed by atoms with Crippen molar-refractivity contribution in [2.75, 3.05) is 26.7 Å². The predicted molar refractivity (Wildman–Crippen MR) is 63.8 cm³/mol. The van der Waals surface area contributed by atoms with Crippen LogP contribution in [0, 0.1) is 0 Å². The van der Waals surface area contributed by atoms with Gasteiger partial charge in [0.05, 0.1) is 6.61 Å². The van der Waals surface area contributed by atoms with E-state index in [4.69, 9.17) is 10.2 Å².